The lowest BCUT2D eigenvalue weighted by Gasteiger charge is -2.21. The molecule has 0 aromatic heterocycles. The minimum absolute atomic E-state index is 0.106. The number of ether oxygens (including phenoxy) is 4. The quantitative estimate of drug-likeness (QED) is 0.0222. The van der Waals surface area contributed by atoms with E-state index in [0.717, 1.165) is 102 Å². The maximum absolute atomic E-state index is 13.0. The van der Waals surface area contributed by atoms with Crippen LogP contribution in [0.1, 0.15) is 369 Å². The molecule has 0 spiro atoms. The van der Waals surface area contributed by atoms with E-state index in [0.29, 0.717) is 25.7 Å². The highest BCUT2D eigenvalue weighted by molar-refractivity contribution is 7.47. The van der Waals surface area contributed by atoms with E-state index in [2.05, 4.69) is 34.6 Å². The maximum Gasteiger partial charge on any atom is 0.472 e. The first-order valence-electron chi connectivity index (χ1n) is 37.1. The maximum atomic E-state index is 13.0. The van der Waals surface area contributed by atoms with Gasteiger partial charge in [-0.15, -0.1) is 0 Å². The number of carbonyl (C=O) groups excluding carboxylic acids is 4. The van der Waals surface area contributed by atoms with Gasteiger partial charge in [-0.05, 0) is 31.6 Å². The third-order valence-electron chi connectivity index (χ3n) is 16.5. The molecule has 90 heavy (non-hydrogen) atoms. The molecule has 0 rings (SSSR count). The summed E-state index contributed by atoms with van der Waals surface area (Å²) in [6, 6.07) is 0. The molecule has 0 radical (unpaired) electrons. The van der Waals surface area contributed by atoms with Gasteiger partial charge in [0.2, 0.25) is 0 Å². The molecule has 0 bridgehead atoms. The molecule has 0 aromatic rings. The van der Waals surface area contributed by atoms with Gasteiger partial charge in [0.25, 0.3) is 0 Å². The van der Waals surface area contributed by atoms with E-state index in [1.54, 1.807) is 0 Å². The largest absolute Gasteiger partial charge is 0.472 e. The molecule has 0 aromatic carbocycles. The Hall–Kier alpha value is -1.94. The Kier molecular flexibility index (Phi) is 63.0. The molecule has 3 N–H and O–H groups in total. The van der Waals surface area contributed by atoms with Crippen LogP contribution in [-0.2, 0) is 65.4 Å². The fraction of sp³-hybridized carbons (Fsp3) is 0.944. The molecular formula is C71H138O17P2. The van der Waals surface area contributed by atoms with Gasteiger partial charge in [-0.1, -0.05) is 317 Å². The summed E-state index contributed by atoms with van der Waals surface area (Å²) >= 11 is 0. The molecule has 19 heteroatoms. The van der Waals surface area contributed by atoms with Gasteiger partial charge in [-0.2, -0.15) is 0 Å². The van der Waals surface area contributed by atoms with Crippen LogP contribution in [0.4, 0.5) is 0 Å². The number of hydrogen-bond donors (Lipinski definition) is 3. The predicted molar refractivity (Wildman–Crippen MR) is 363 cm³/mol. The second-order valence-corrected chi connectivity index (χ2v) is 29.0. The minimum Gasteiger partial charge on any atom is -0.462 e. The number of aliphatic hydroxyl groups excluding tert-OH is 1. The van der Waals surface area contributed by atoms with E-state index in [1.807, 2.05) is 0 Å². The van der Waals surface area contributed by atoms with Crippen molar-refractivity contribution in [3.05, 3.63) is 0 Å². The fourth-order valence-corrected chi connectivity index (χ4v) is 12.4. The number of unbranched alkanes of at least 4 members (excludes halogenated alkanes) is 43. The summed E-state index contributed by atoms with van der Waals surface area (Å²) in [5.74, 6) is -1.39. The Morgan fingerprint density at radius 1 is 0.300 bits per heavy atom. The minimum atomic E-state index is -4.95. The summed E-state index contributed by atoms with van der Waals surface area (Å²) in [6.07, 6.45) is 51.9. The van der Waals surface area contributed by atoms with Gasteiger partial charge in [-0.3, -0.25) is 37.3 Å². The number of aliphatic hydroxyl groups is 1. The van der Waals surface area contributed by atoms with Gasteiger partial charge in [0.1, 0.15) is 19.3 Å². The second kappa shape index (κ2) is 64.4. The van der Waals surface area contributed by atoms with Crippen molar-refractivity contribution in [3.63, 3.8) is 0 Å². The molecule has 0 aliphatic rings. The summed E-state index contributed by atoms with van der Waals surface area (Å²) in [7, 11) is -9.89. The van der Waals surface area contributed by atoms with Crippen molar-refractivity contribution in [1.29, 1.82) is 0 Å². The van der Waals surface area contributed by atoms with Crippen molar-refractivity contribution < 1.29 is 80.2 Å². The van der Waals surface area contributed by atoms with Crippen molar-refractivity contribution in [2.45, 2.75) is 387 Å². The van der Waals surface area contributed by atoms with Gasteiger partial charge >= 0.3 is 39.5 Å². The summed E-state index contributed by atoms with van der Waals surface area (Å²) in [6.45, 7) is 7.13. The van der Waals surface area contributed by atoms with Gasteiger partial charge < -0.3 is 33.8 Å². The van der Waals surface area contributed by atoms with Gasteiger partial charge in [-0.25, -0.2) is 9.13 Å². The molecule has 5 atom stereocenters. The highest BCUT2D eigenvalue weighted by atomic mass is 31.2. The Balaban J connectivity index is 5.08. The Morgan fingerprint density at radius 2 is 0.511 bits per heavy atom. The molecule has 0 aliphatic heterocycles. The smallest absolute Gasteiger partial charge is 0.462 e. The molecule has 0 saturated heterocycles. The second-order valence-electron chi connectivity index (χ2n) is 26.1. The van der Waals surface area contributed by atoms with Crippen LogP contribution in [0.3, 0.4) is 0 Å². The highest BCUT2D eigenvalue weighted by Crippen LogP contribution is 2.45. The van der Waals surface area contributed by atoms with Gasteiger partial charge in [0.15, 0.2) is 12.2 Å². The molecule has 0 amide bonds. The molecule has 0 fully saturated rings. The third-order valence-corrected chi connectivity index (χ3v) is 18.4. The van der Waals surface area contributed by atoms with Crippen LogP contribution < -0.4 is 0 Å². The third kappa shape index (κ3) is 64.8. The number of carbonyl (C=O) groups is 4. The zero-order valence-corrected chi connectivity index (χ0v) is 60.1. The van der Waals surface area contributed by atoms with Crippen LogP contribution >= 0.6 is 15.6 Å². The molecular weight excluding hydrogens is 1190 g/mol. The molecule has 2 unspecified atom stereocenters. The molecule has 0 aliphatic carbocycles. The lowest BCUT2D eigenvalue weighted by molar-refractivity contribution is -0.161. The van der Waals surface area contributed by atoms with Crippen molar-refractivity contribution in [2.75, 3.05) is 39.6 Å². The Morgan fingerprint density at radius 3 is 0.756 bits per heavy atom. The van der Waals surface area contributed by atoms with E-state index >= 15 is 0 Å². The van der Waals surface area contributed by atoms with Crippen LogP contribution in [0, 0.1) is 5.92 Å². The Labute approximate surface area is 549 Å². The van der Waals surface area contributed by atoms with Crippen LogP contribution in [-0.4, -0.2) is 96.7 Å². The number of hydrogen-bond acceptors (Lipinski definition) is 15. The number of esters is 4. The Bertz CT molecular complexity index is 1740. The molecule has 0 saturated carbocycles. The first-order chi connectivity index (χ1) is 43.5. The van der Waals surface area contributed by atoms with Crippen LogP contribution in [0.2, 0.25) is 0 Å². The first-order valence-corrected chi connectivity index (χ1v) is 40.1. The van der Waals surface area contributed by atoms with Gasteiger partial charge in [0.05, 0.1) is 26.4 Å². The summed E-state index contributed by atoms with van der Waals surface area (Å²) in [5, 5.41) is 10.6. The fourth-order valence-electron chi connectivity index (χ4n) is 10.8. The van der Waals surface area contributed by atoms with Crippen LogP contribution in [0.5, 0.6) is 0 Å². The summed E-state index contributed by atoms with van der Waals surface area (Å²) in [4.78, 5) is 72.2. The molecule has 0 heterocycles. The SMILES string of the molecule is CCCCCCCCCCCCCCCCCCCCCCCCC(=O)O[C@H](COC(=O)CCCCCCCCCCCC(C)C)COP(=O)(O)OC[C@@H](O)COP(=O)(O)OC[C@@H](COC(=O)CCCCCCC)OC(=O)CCCCCCCCCCCCC. The zero-order valence-electron chi connectivity index (χ0n) is 58.3. The molecule has 534 valence electrons. The normalized spacial score (nSPS) is 14.1. The first kappa shape index (κ1) is 88.1. The van der Waals surface area contributed by atoms with E-state index in [-0.39, 0.29) is 25.7 Å². The molecule has 17 nitrogen and oxygen atoms in total. The average molecular weight is 1330 g/mol. The zero-order chi connectivity index (χ0) is 66.3. The monoisotopic (exact) mass is 1320 g/mol. The van der Waals surface area contributed by atoms with Gasteiger partial charge in [0, 0.05) is 25.7 Å². The average Bonchev–Trinajstić information content (AvgIpc) is 2.78. The van der Waals surface area contributed by atoms with Crippen molar-refractivity contribution >= 4 is 39.5 Å². The van der Waals surface area contributed by atoms with E-state index in [1.165, 1.54) is 186 Å². The summed E-state index contributed by atoms with van der Waals surface area (Å²) < 4.78 is 68.0. The number of phosphoric acid groups is 2. The van der Waals surface area contributed by atoms with Crippen molar-refractivity contribution in [3.8, 4) is 0 Å². The van der Waals surface area contributed by atoms with E-state index in [9.17, 15) is 43.2 Å². The van der Waals surface area contributed by atoms with Crippen LogP contribution in [0.25, 0.3) is 0 Å². The van der Waals surface area contributed by atoms with Crippen molar-refractivity contribution in [2.24, 2.45) is 5.92 Å². The summed E-state index contributed by atoms with van der Waals surface area (Å²) in [5.41, 5.74) is 0. The van der Waals surface area contributed by atoms with E-state index < -0.39 is 97.5 Å². The highest BCUT2D eigenvalue weighted by Gasteiger charge is 2.30. The van der Waals surface area contributed by atoms with Crippen molar-refractivity contribution in [1.82, 2.24) is 0 Å². The lowest BCUT2D eigenvalue weighted by atomic mass is 10.0. The standard InChI is InChI=1S/C71H138O17P2/c1-6-9-12-15-17-19-21-22-23-24-25-26-27-28-29-30-31-33-37-42-47-52-57-71(76)88-67(61-82-69(74)55-50-45-40-38-34-35-39-44-48-53-64(4)5)63-86-90(79,80)84-59-65(72)58-83-89(77,78)85-62-66(60-81-68(73)54-49-43-14-11-8-3)87-70(75)56-51-46-41-36-32-20-18-16-13-10-7-2/h64-67,72H,6-63H2,1-5H3,(H,77,78)(H,79,80)/t65-,66+,67+/m0/s1. The topological polar surface area (TPSA) is 237 Å². The number of phosphoric ester groups is 2. The van der Waals surface area contributed by atoms with E-state index in [4.69, 9.17) is 37.0 Å². The predicted octanol–water partition coefficient (Wildman–Crippen LogP) is 20.5. The lowest BCUT2D eigenvalue weighted by Crippen LogP contribution is -2.30. The van der Waals surface area contributed by atoms with Crippen LogP contribution in [0.15, 0.2) is 0 Å². The number of rotatable bonds is 71.